The zero-order valence-corrected chi connectivity index (χ0v) is 15.3. The number of hydrogen-bond acceptors (Lipinski definition) is 4. The molecule has 1 heterocycles. The first-order valence-electron chi connectivity index (χ1n) is 8.40. The molecule has 0 bridgehead atoms. The lowest BCUT2D eigenvalue weighted by atomic mass is 10.2. The van der Waals surface area contributed by atoms with E-state index in [9.17, 15) is 13.2 Å². The third-order valence-corrected chi connectivity index (χ3v) is 6.27. The van der Waals surface area contributed by atoms with Gasteiger partial charge in [0.15, 0.2) is 0 Å². The van der Waals surface area contributed by atoms with E-state index in [0.717, 1.165) is 25.2 Å². The maximum atomic E-state index is 12.4. The third-order valence-electron chi connectivity index (χ3n) is 4.47. The topological polar surface area (TPSA) is 60.9 Å². The summed E-state index contributed by atoms with van der Waals surface area (Å²) in [5, 5.41) is 0. The Hall–Kier alpha value is -1.44. The average molecular weight is 353 g/mol. The molecular formula is C17H27N3O3S. The molecule has 7 heteroatoms. The molecule has 1 amide bonds. The van der Waals surface area contributed by atoms with Crippen LogP contribution in [0, 0.1) is 0 Å². The van der Waals surface area contributed by atoms with Crippen molar-refractivity contribution in [2.45, 2.75) is 19.9 Å². The Balaban J connectivity index is 1.82. The van der Waals surface area contributed by atoms with Gasteiger partial charge >= 0.3 is 0 Å². The van der Waals surface area contributed by atoms with Gasteiger partial charge < -0.3 is 9.80 Å². The highest BCUT2D eigenvalue weighted by Gasteiger charge is 2.24. The van der Waals surface area contributed by atoms with Crippen molar-refractivity contribution >= 4 is 15.9 Å². The molecule has 1 aromatic carbocycles. The SMILES string of the molecule is CCN1CCN(C(=O)CCS(=O)(=O)N(C)Cc2ccccc2)CC1. The average Bonchev–Trinajstić information content (AvgIpc) is 2.60. The monoisotopic (exact) mass is 353 g/mol. The number of piperazine rings is 1. The predicted molar refractivity (Wildman–Crippen MR) is 95.0 cm³/mol. The van der Waals surface area contributed by atoms with Crippen LogP contribution < -0.4 is 0 Å². The van der Waals surface area contributed by atoms with E-state index in [2.05, 4.69) is 11.8 Å². The minimum Gasteiger partial charge on any atom is -0.340 e. The van der Waals surface area contributed by atoms with Gasteiger partial charge in [0.1, 0.15) is 0 Å². The molecule has 0 atom stereocenters. The van der Waals surface area contributed by atoms with Crippen LogP contribution in [0.4, 0.5) is 0 Å². The summed E-state index contributed by atoms with van der Waals surface area (Å²) in [6.45, 7) is 6.52. The molecule has 0 N–H and O–H groups in total. The van der Waals surface area contributed by atoms with Crippen LogP contribution in [0.25, 0.3) is 0 Å². The number of likely N-dealkylation sites (N-methyl/N-ethyl adjacent to an activating group) is 1. The molecule has 6 nitrogen and oxygen atoms in total. The Kier molecular flexibility index (Phi) is 6.77. The first kappa shape index (κ1) is 18.9. The van der Waals surface area contributed by atoms with Crippen molar-refractivity contribution in [3.8, 4) is 0 Å². The third kappa shape index (κ3) is 5.29. The normalized spacial score (nSPS) is 16.5. The molecule has 1 aliphatic rings. The van der Waals surface area contributed by atoms with E-state index in [1.165, 1.54) is 4.31 Å². The van der Waals surface area contributed by atoms with Gasteiger partial charge in [-0.2, -0.15) is 0 Å². The summed E-state index contributed by atoms with van der Waals surface area (Å²) in [6, 6.07) is 9.45. The molecule has 134 valence electrons. The molecular weight excluding hydrogens is 326 g/mol. The van der Waals surface area contributed by atoms with Gasteiger partial charge in [0.2, 0.25) is 15.9 Å². The maximum absolute atomic E-state index is 12.4. The molecule has 1 aliphatic heterocycles. The van der Waals surface area contributed by atoms with Gasteiger partial charge in [0.25, 0.3) is 0 Å². The summed E-state index contributed by atoms with van der Waals surface area (Å²) < 4.78 is 26.1. The van der Waals surface area contributed by atoms with Crippen LogP contribution in [-0.2, 0) is 21.4 Å². The highest BCUT2D eigenvalue weighted by atomic mass is 32.2. The van der Waals surface area contributed by atoms with Crippen molar-refractivity contribution in [3.63, 3.8) is 0 Å². The Labute approximate surface area is 145 Å². The number of nitrogens with zero attached hydrogens (tertiary/aromatic N) is 3. The highest BCUT2D eigenvalue weighted by Crippen LogP contribution is 2.10. The lowest BCUT2D eigenvalue weighted by molar-refractivity contribution is -0.132. The summed E-state index contributed by atoms with van der Waals surface area (Å²) >= 11 is 0. The molecule has 0 radical (unpaired) electrons. The second kappa shape index (κ2) is 8.60. The number of sulfonamides is 1. The maximum Gasteiger partial charge on any atom is 0.223 e. The van der Waals surface area contributed by atoms with Gasteiger partial charge in [0.05, 0.1) is 5.75 Å². The quantitative estimate of drug-likeness (QED) is 0.734. The zero-order chi connectivity index (χ0) is 17.6. The van der Waals surface area contributed by atoms with Crippen LogP contribution in [0.3, 0.4) is 0 Å². The molecule has 0 aromatic heterocycles. The summed E-state index contributed by atoms with van der Waals surface area (Å²) in [7, 11) is -1.87. The summed E-state index contributed by atoms with van der Waals surface area (Å²) in [4.78, 5) is 16.3. The number of hydrogen-bond donors (Lipinski definition) is 0. The minimum absolute atomic E-state index is 0.0492. The van der Waals surface area contributed by atoms with Crippen molar-refractivity contribution in [2.75, 3.05) is 45.5 Å². The van der Waals surface area contributed by atoms with Gasteiger partial charge in [0, 0.05) is 46.2 Å². The fraction of sp³-hybridized carbons (Fsp3) is 0.588. The first-order chi connectivity index (χ1) is 11.4. The van der Waals surface area contributed by atoms with Crippen molar-refractivity contribution in [2.24, 2.45) is 0 Å². The molecule has 0 unspecified atom stereocenters. The lowest BCUT2D eigenvalue weighted by Gasteiger charge is -2.34. The molecule has 24 heavy (non-hydrogen) atoms. The smallest absolute Gasteiger partial charge is 0.223 e. The van der Waals surface area contributed by atoms with Crippen molar-refractivity contribution in [1.82, 2.24) is 14.1 Å². The second-order valence-corrected chi connectivity index (χ2v) is 8.32. The number of carbonyl (C=O) groups is 1. The van der Waals surface area contributed by atoms with E-state index in [1.807, 2.05) is 30.3 Å². The van der Waals surface area contributed by atoms with E-state index >= 15 is 0 Å². The van der Waals surface area contributed by atoms with E-state index < -0.39 is 10.0 Å². The van der Waals surface area contributed by atoms with Gasteiger partial charge in [-0.25, -0.2) is 12.7 Å². The van der Waals surface area contributed by atoms with Crippen LogP contribution in [-0.4, -0.2) is 74.0 Å². The number of rotatable bonds is 7. The largest absolute Gasteiger partial charge is 0.340 e. The molecule has 1 aromatic rings. The first-order valence-corrected chi connectivity index (χ1v) is 10.0. The predicted octanol–water partition coefficient (Wildman–Crippen LogP) is 1.00. The Bertz CT molecular complexity index is 626. The van der Waals surface area contributed by atoms with E-state index in [-0.39, 0.29) is 18.1 Å². The van der Waals surface area contributed by atoms with Crippen LogP contribution in [0.5, 0.6) is 0 Å². The van der Waals surface area contributed by atoms with Crippen LogP contribution in [0.2, 0.25) is 0 Å². The van der Waals surface area contributed by atoms with Gasteiger partial charge in [-0.05, 0) is 12.1 Å². The van der Waals surface area contributed by atoms with Crippen molar-refractivity contribution < 1.29 is 13.2 Å². The number of carbonyl (C=O) groups excluding carboxylic acids is 1. The molecule has 0 aliphatic carbocycles. The van der Waals surface area contributed by atoms with E-state index in [1.54, 1.807) is 11.9 Å². The standard InChI is InChI=1S/C17H27N3O3S/c1-3-19-10-12-20(13-11-19)17(21)9-14-24(22,23)18(2)15-16-7-5-4-6-8-16/h4-8H,3,9-15H2,1-2H3. The van der Waals surface area contributed by atoms with Crippen LogP contribution in [0.15, 0.2) is 30.3 Å². The minimum atomic E-state index is -3.43. The molecule has 1 fully saturated rings. The van der Waals surface area contributed by atoms with Crippen LogP contribution in [0.1, 0.15) is 18.9 Å². The zero-order valence-electron chi connectivity index (χ0n) is 14.5. The lowest BCUT2D eigenvalue weighted by Crippen LogP contribution is -2.48. The fourth-order valence-electron chi connectivity index (χ4n) is 2.78. The Morgan fingerprint density at radius 1 is 1.12 bits per heavy atom. The Morgan fingerprint density at radius 2 is 1.75 bits per heavy atom. The Morgan fingerprint density at radius 3 is 2.33 bits per heavy atom. The van der Waals surface area contributed by atoms with E-state index in [4.69, 9.17) is 0 Å². The number of amides is 1. The van der Waals surface area contributed by atoms with Crippen molar-refractivity contribution in [3.05, 3.63) is 35.9 Å². The highest BCUT2D eigenvalue weighted by molar-refractivity contribution is 7.89. The van der Waals surface area contributed by atoms with Gasteiger partial charge in [-0.15, -0.1) is 0 Å². The molecule has 0 spiro atoms. The molecule has 1 saturated heterocycles. The molecule has 2 rings (SSSR count). The second-order valence-electron chi connectivity index (χ2n) is 6.12. The van der Waals surface area contributed by atoms with Gasteiger partial charge in [-0.1, -0.05) is 37.3 Å². The van der Waals surface area contributed by atoms with Crippen LogP contribution >= 0.6 is 0 Å². The van der Waals surface area contributed by atoms with Crippen molar-refractivity contribution in [1.29, 1.82) is 0 Å². The fourth-order valence-corrected chi connectivity index (χ4v) is 3.87. The van der Waals surface area contributed by atoms with E-state index in [0.29, 0.717) is 19.6 Å². The molecule has 0 saturated carbocycles. The summed E-state index contributed by atoms with van der Waals surface area (Å²) in [5.74, 6) is -0.203. The number of benzene rings is 1. The summed E-state index contributed by atoms with van der Waals surface area (Å²) in [6.07, 6.45) is 0.0492. The van der Waals surface area contributed by atoms with Gasteiger partial charge in [-0.3, -0.25) is 4.79 Å². The summed E-state index contributed by atoms with van der Waals surface area (Å²) in [5.41, 5.74) is 0.936.